The van der Waals surface area contributed by atoms with Crippen LogP contribution >= 0.6 is 0 Å². The first-order valence-electron chi connectivity index (χ1n) is 7.61. The molecule has 1 aromatic rings. The van der Waals surface area contributed by atoms with E-state index in [4.69, 9.17) is 10.5 Å². The number of carbonyl (C=O) groups is 1. The van der Waals surface area contributed by atoms with Crippen LogP contribution in [0.2, 0.25) is 0 Å². The maximum atomic E-state index is 12.9. The summed E-state index contributed by atoms with van der Waals surface area (Å²) in [5, 5.41) is 2.72. The molecule has 0 aliphatic heterocycles. The van der Waals surface area contributed by atoms with E-state index in [0.29, 0.717) is 12.8 Å². The standard InChI is InChI=1S/C16H21F3N2O2/c1-11(21-14(22)15(20)8-4-5-9-15)10-23-13-7-3-2-6-12(13)16(17,18)19/h2-3,6-7,11H,4-5,8-10,20H2,1H3,(H,21,22). The summed E-state index contributed by atoms with van der Waals surface area (Å²) in [6.07, 6.45) is -1.40. The van der Waals surface area contributed by atoms with Gasteiger partial charge in [0.15, 0.2) is 0 Å². The summed E-state index contributed by atoms with van der Waals surface area (Å²) < 4.78 is 43.9. The number of hydrogen-bond acceptors (Lipinski definition) is 3. The van der Waals surface area contributed by atoms with Gasteiger partial charge in [-0.15, -0.1) is 0 Å². The Labute approximate surface area is 133 Å². The van der Waals surface area contributed by atoms with Crippen LogP contribution in [0.4, 0.5) is 13.2 Å². The van der Waals surface area contributed by atoms with E-state index in [1.807, 2.05) is 0 Å². The lowest BCUT2D eigenvalue weighted by Gasteiger charge is -2.25. The van der Waals surface area contributed by atoms with Crippen LogP contribution in [0.25, 0.3) is 0 Å². The topological polar surface area (TPSA) is 64.3 Å². The fourth-order valence-electron chi connectivity index (χ4n) is 2.68. The maximum Gasteiger partial charge on any atom is 0.419 e. The minimum atomic E-state index is -4.48. The molecule has 1 saturated carbocycles. The van der Waals surface area contributed by atoms with Crippen molar-refractivity contribution < 1.29 is 22.7 Å². The number of carbonyl (C=O) groups excluding carboxylic acids is 1. The second-order valence-corrected chi connectivity index (χ2v) is 6.04. The van der Waals surface area contributed by atoms with E-state index < -0.39 is 23.3 Å². The zero-order valence-electron chi connectivity index (χ0n) is 13.0. The van der Waals surface area contributed by atoms with Gasteiger partial charge in [-0.05, 0) is 31.9 Å². The van der Waals surface area contributed by atoms with Crippen molar-refractivity contribution >= 4 is 5.91 Å². The molecule has 0 bridgehead atoms. The highest BCUT2D eigenvalue weighted by Crippen LogP contribution is 2.35. The molecule has 2 rings (SSSR count). The van der Waals surface area contributed by atoms with E-state index >= 15 is 0 Å². The predicted molar refractivity (Wildman–Crippen MR) is 79.9 cm³/mol. The van der Waals surface area contributed by atoms with Crippen molar-refractivity contribution in [3.05, 3.63) is 29.8 Å². The van der Waals surface area contributed by atoms with Crippen molar-refractivity contribution in [2.24, 2.45) is 5.73 Å². The fourth-order valence-corrected chi connectivity index (χ4v) is 2.68. The Bertz CT molecular complexity index is 555. The molecule has 1 atom stereocenters. The molecule has 0 aromatic heterocycles. The molecule has 3 N–H and O–H groups in total. The summed E-state index contributed by atoms with van der Waals surface area (Å²) in [7, 11) is 0. The average molecular weight is 330 g/mol. The molecule has 4 nitrogen and oxygen atoms in total. The van der Waals surface area contributed by atoms with Crippen LogP contribution in [0.15, 0.2) is 24.3 Å². The lowest BCUT2D eigenvalue weighted by Crippen LogP contribution is -2.54. The maximum absolute atomic E-state index is 12.9. The SMILES string of the molecule is CC(COc1ccccc1C(F)(F)F)NC(=O)C1(N)CCCC1. The zero-order valence-corrected chi connectivity index (χ0v) is 13.0. The smallest absolute Gasteiger partial charge is 0.419 e. The minimum absolute atomic E-state index is 0.0606. The van der Waals surface area contributed by atoms with Gasteiger partial charge in [-0.1, -0.05) is 25.0 Å². The molecule has 0 spiro atoms. The third kappa shape index (κ3) is 4.37. The van der Waals surface area contributed by atoms with Gasteiger partial charge in [-0.25, -0.2) is 0 Å². The van der Waals surface area contributed by atoms with Crippen LogP contribution < -0.4 is 15.8 Å². The van der Waals surface area contributed by atoms with E-state index in [2.05, 4.69) is 5.32 Å². The van der Waals surface area contributed by atoms with Gasteiger partial charge in [-0.3, -0.25) is 4.79 Å². The summed E-state index contributed by atoms with van der Waals surface area (Å²) in [4.78, 5) is 12.1. The molecule has 0 radical (unpaired) electrons. The Hall–Kier alpha value is -1.76. The Morgan fingerprint density at radius 1 is 1.35 bits per heavy atom. The van der Waals surface area contributed by atoms with Crippen molar-refractivity contribution in [1.82, 2.24) is 5.32 Å². The van der Waals surface area contributed by atoms with Gasteiger partial charge in [-0.2, -0.15) is 13.2 Å². The van der Waals surface area contributed by atoms with E-state index in [1.165, 1.54) is 18.2 Å². The molecule has 1 aliphatic rings. The largest absolute Gasteiger partial charge is 0.491 e. The summed E-state index contributed by atoms with van der Waals surface area (Å²) in [5.41, 5.74) is 4.35. The van der Waals surface area contributed by atoms with Crippen molar-refractivity contribution in [1.29, 1.82) is 0 Å². The Balaban J connectivity index is 1.92. The fraction of sp³-hybridized carbons (Fsp3) is 0.562. The van der Waals surface area contributed by atoms with Gasteiger partial charge in [0, 0.05) is 0 Å². The molecule has 23 heavy (non-hydrogen) atoms. The number of rotatable bonds is 5. The highest BCUT2D eigenvalue weighted by atomic mass is 19.4. The molecule has 7 heteroatoms. The number of hydrogen-bond donors (Lipinski definition) is 2. The molecule has 0 saturated heterocycles. The highest BCUT2D eigenvalue weighted by molar-refractivity contribution is 5.86. The van der Waals surface area contributed by atoms with E-state index in [0.717, 1.165) is 18.9 Å². The summed E-state index contributed by atoms with van der Waals surface area (Å²) in [5.74, 6) is -0.514. The van der Waals surface area contributed by atoms with E-state index in [-0.39, 0.29) is 18.3 Å². The Morgan fingerprint density at radius 2 is 1.96 bits per heavy atom. The van der Waals surface area contributed by atoms with Gasteiger partial charge in [0.05, 0.1) is 17.1 Å². The molecule has 1 unspecified atom stereocenters. The van der Waals surface area contributed by atoms with Gasteiger partial charge in [0.1, 0.15) is 12.4 Å². The molecule has 128 valence electrons. The molecule has 1 aromatic carbocycles. The highest BCUT2D eigenvalue weighted by Gasteiger charge is 2.37. The van der Waals surface area contributed by atoms with E-state index in [9.17, 15) is 18.0 Å². The van der Waals surface area contributed by atoms with Crippen LogP contribution in [0.5, 0.6) is 5.75 Å². The van der Waals surface area contributed by atoms with Crippen molar-refractivity contribution in [2.75, 3.05) is 6.61 Å². The average Bonchev–Trinajstić information content (AvgIpc) is 2.93. The number of benzene rings is 1. The zero-order chi connectivity index (χ0) is 17.1. The van der Waals surface area contributed by atoms with Crippen LogP contribution in [0.1, 0.15) is 38.2 Å². The van der Waals surface area contributed by atoms with Crippen molar-refractivity contribution in [3.8, 4) is 5.75 Å². The molecule has 0 heterocycles. The number of halogens is 3. The van der Waals surface area contributed by atoms with Gasteiger partial charge in [0.25, 0.3) is 0 Å². The van der Waals surface area contributed by atoms with Crippen LogP contribution in [-0.2, 0) is 11.0 Å². The monoisotopic (exact) mass is 330 g/mol. The molecule has 1 fully saturated rings. The first-order valence-corrected chi connectivity index (χ1v) is 7.61. The van der Waals surface area contributed by atoms with Gasteiger partial charge in [0.2, 0.25) is 5.91 Å². The number of nitrogens with one attached hydrogen (secondary N) is 1. The number of ether oxygens (including phenoxy) is 1. The molecular weight excluding hydrogens is 309 g/mol. The summed E-state index contributed by atoms with van der Waals surface area (Å²) in [6, 6.07) is 4.57. The second kappa shape index (κ2) is 6.78. The van der Waals surface area contributed by atoms with Crippen LogP contribution in [-0.4, -0.2) is 24.1 Å². The van der Waals surface area contributed by atoms with E-state index in [1.54, 1.807) is 6.92 Å². The molecule has 1 aliphatic carbocycles. The minimum Gasteiger partial charge on any atom is -0.491 e. The second-order valence-electron chi connectivity index (χ2n) is 6.04. The van der Waals surface area contributed by atoms with Crippen molar-refractivity contribution in [2.45, 2.75) is 50.4 Å². The predicted octanol–water partition coefficient (Wildman–Crippen LogP) is 2.86. The lowest BCUT2D eigenvalue weighted by molar-refractivity contribution is -0.139. The summed E-state index contributed by atoms with van der Waals surface area (Å²) in [6.45, 7) is 1.61. The number of amides is 1. The Kier molecular flexibility index (Phi) is 5.19. The number of nitrogens with two attached hydrogens (primary N) is 1. The van der Waals surface area contributed by atoms with Crippen LogP contribution in [0.3, 0.4) is 0 Å². The van der Waals surface area contributed by atoms with Crippen LogP contribution in [0, 0.1) is 0 Å². The number of para-hydroxylation sites is 1. The molecule has 1 amide bonds. The molecular formula is C16H21F3N2O2. The Morgan fingerprint density at radius 3 is 2.57 bits per heavy atom. The first kappa shape index (κ1) is 17.6. The third-order valence-corrected chi connectivity index (χ3v) is 4.01. The summed E-state index contributed by atoms with van der Waals surface area (Å²) >= 11 is 0. The van der Waals surface area contributed by atoms with Crippen molar-refractivity contribution in [3.63, 3.8) is 0 Å². The quantitative estimate of drug-likeness (QED) is 0.872. The normalized spacial score (nSPS) is 18.5. The lowest BCUT2D eigenvalue weighted by atomic mass is 9.98. The first-order chi connectivity index (χ1) is 10.7. The van der Waals surface area contributed by atoms with Gasteiger partial charge >= 0.3 is 6.18 Å². The van der Waals surface area contributed by atoms with Gasteiger partial charge < -0.3 is 15.8 Å². The third-order valence-electron chi connectivity index (χ3n) is 4.01. The number of alkyl halides is 3.